The molecule has 0 saturated carbocycles. The molecule has 5 heterocycles. The van der Waals surface area contributed by atoms with E-state index in [1.54, 1.807) is 11.3 Å². The van der Waals surface area contributed by atoms with Gasteiger partial charge in [-0.05, 0) is 49.0 Å². The van der Waals surface area contributed by atoms with Gasteiger partial charge in [0.15, 0.2) is 5.57 Å². The second-order valence-electron chi connectivity index (χ2n) is 22.0. The van der Waals surface area contributed by atoms with Crippen molar-refractivity contribution in [2.75, 3.05) is 0 Å². The minimum absolute atomic E-state index is 0.0977. The molecule has 0 saturated heterocycles. The van der Waals surface area contributed by atoms with E-state index >= 15 is 19.2 Å². The standard InChI is InChI=1S/C63H85N5O4S4/c1-5-9-13-17-21-23-27-31-36-44(34-29-25-19-15-11-7-3)42-67-59(69)50-48-49-51(55-54(50)66-58(74-55)47-38-33-39-73-47)60(70)68(43-45(35-30-26-20-16-12-8-4)37-32-28-24-22-18-14-10-6-2)62(72)53(49)57-56(52(48)61(67)71)75-63(76-57)46(40-64)41-65/h33,38-39,44-45H,5-32,34-37,42-43H2,1-4H3. The Labute approximate surface area is 467 Å². The molecule has 0 aliphatic rings. The van der Waals surface area contributed by atoms with Crippen LogP contribution in [0.2, 0.25) is 0 Å². The number of nitrogens with zero attached hydrogens (tertiary/aromatic N) is 5. The minimum atomic E-state index is -0.445. The van der Waals surface area contributed by atoms with Gasteiger partial charge in [-0.3, -0.25) is 28.3 Å². The molecule has 0 aliphatic heterocycles. The van der Waals surface area contributed by atoms with Gasteiger partial charge in [-0.25, -0.2) is 4.98 Å². The molecule has 5 aromatic heterocycles. The number of pyridine rings is 2. The van der Waals surface area contributed by atoms with Gasteiger partial charge in [-0.15, -0.1) is 45.3 Å². The molecule has 2 unspecified atom stereocenters. The van der Waals surface area contributed by atoms with Gasteiger partial charge in [0.05, 0.1) is 46.0 Å². The molecule has 76 heavy (non-hydrogen) atoms. The first-order valence-corrected chi connectivity index (χ1v) is 33.2. The van der Waals surface area contributed by atoms with E-state index in [2.05, 4.69) is 39.8 Å². The summed E-state index contributed by atoms with van der Waals surface area (Å²) in [6.45, 7) is 9.48. The number of hydrogen-bond acceptors (Lipinski definition) is 11. The number of nitriles is 2. The SMILES string of the molecule is CCCCCCCCCCC(CCCCCCCC)Cn1c(=O)c2c3nc(-c4cccs4)sc3c3c(=O)n(CC(CCCCCCCC)CCCCCCCCCC)c(=O)c4c5sc(=C(C#N)C#N)sc5c(c1=O)c2c34. The monoisotopic (exact) mass is 1100 g/mol. The molecule has 0 amide bonds. The molecular weight excluding hydrogens is 1020 g/mol. The molecule has 0 spiro atoms. The van der Waals surface area contributed by atoms with Gasteiger partial charge in [-0.2, -0.15) is 10.5 Å². The number of thiazole rings is 1. The fourth-order valence-electron chi connectivity index (χ4n) is 11.8. The number of aromatic nitrogens is 3. The van der Waals surface area contributed by atoms with Crippen LogP contribution in [0.25, 0.3) is 67.4 Å². The second kappa shape index (κ2) is 30.8. The normalized spacial score (nSPS) is 12.8. The summed E-state index contributed by atoms with van der Waals surface area (Å²) in [5.74, 6) is 0.204. The third kappa shape index (κ3) is 14.5. The summed E-state index contributed by atoms with van der Waals surface area (Å²) in [5, 5.41) is 25.0. The van der Waals surface area contributed by atoms with Gasteiger partial charge >= 0.3 is 0 Å². The van der Waals surface area contributed by atoms with E-state index in [1.807, 2.05) is 17.5 Å². The van der Waals surface area contributed by atoms with Gasteiger partial charge in [0.1, 0.15) is 21.0 Å². The molecule has 0 aliphatic carbocycles. The topological polar surface area (TPSA) is 139 Å². The number of benzene rings is 2. The van der Waals surface area contributed by atoms with Crippen molar-refractivity contribution in [3.63, 3.8) is 0 Å². The maximum Gasteiger partial charge on any atom is 0.263 e. The Bertz CT molecular complexity index is 3130. The van der Waals surface area contributed by atoms with Crippen LogP contribution >= 0.6 is 45.3 Å². The average Bonchev–Trinajstić information content (AvgIpc) is 4.21. The van der Waals surface area contributed by atoms with E-state index in [0.29, 0.717) is 44.6 Å². The maximum atomic E-state index is 15.7. The van der Waals surface area contributed by atoms with Crippen molar-refractivity contribution < 1.29 is 0 Å². The zero-order valence-electron chi connectivity index (χ0n) is 46.4. The first-order valence-electron chi connectivity index (χ1n) is 29.9. The summed E-state index contributed by atoms with van der Waals surface area (Å²) in [7, 11) is 0. The van der Waals surface area contributed by atoms with E-state index in [0.717, 1.165) is 81.9 Å². The van der Waals surface area contributed by atoms with Gasteiger partial charge in [0.2, 0.25) is 0 Å². The maximum absolute atomic E-state index is 15.7. The van der Waals surface area contributed by atoms with Crippen molar-refractivity contribution in [1.82, 2.24) is 14.1 Å². The third-order valence-corrected chi connectivity index (χ3v) is 20.9. The minimum Gasteiger partial charge on any atom is -0.274 e. The van der Waals surface area contributed by atoms with Crippen molar-refractivity contribution in [3.05, 3.63) is 62.8 Å². The van der Waals surface area contributed by atoms with E-state index in [-0.39, 0.29) is 46.7 Å². The Kier molecular flexibility index (Phi) is 24.0. The highest BCUT2D eigenvalue weighted by atomic mass is 32.2. The largest absolute Gasteiger partial charge is 0.274 e. The van der Waals surface area contributed by atoms with Crippen molar-refractivity contribution >= 4 is 103 Å². The molecule has 13 heteroatoms. The summed E-state index contributed by atoms with van der Waals surface area (Å²) < 4.78 is 4.84. The summed E-state index contributed by atoms with van der Waals surface area (Å²) >= 11 is 5.27. The van der Waals surface area contributed by atoms with Crippen LogP contribution in [0.15, 0.2) is 36.7 Å². The summed E-state index contributed by atoms with van der Waals surface area (Å²) in [4.78, 5) is 68.8. The van der Waals surface area contributed by atoms with Gasteiger partial charge < -0.3 is 0 Å². The highest BCUT2D eigenvalue weighted by molar-refractivity contribution is 7.37. The average molecular weight is 1100 g/mol. The fraction of sp³-hybridized carbons (Fsp3) is 0.635. The van der Waals surface area contributed by atoms with Crippen LogP contribution in [0.4, 0.5) is 0 Å². The molecule has 410 valence electrons. The summed E-state index contributed by atoms with van der Waals surface area (Å²) in [5.41, 5.74) is -1.42. The van der Waals surface area contributed by atoms with Crippen molar-refractivity contribution in [2.45, 2.75) is 246 Å². The van der Waals surface area contributed by atoms with Crippen LogP contribution in [0, 0.1) is 34.5 Å². The highest BCUT2D eigenvalue weighted by Gasteiger charge is 2.31. The molecule has 2 atom stereocenters. The molecular formula is C63H85N5O4S4. The molecule has 0 fully saturated rings. The molecule has 2 aromatic carbocycles. The summed E-state index contributed by atoms with van der Waals surface area (Å²) in [6.07, 6.45) is 36.8. The number of thiophene rings is 1. The smallest absolute Gasteiger partial charge is 0.263 e. The lowest BCUT2D eigenvalue weighted by molar-refractivity contribution is 0.350. The van der Waals surface area contributed by atoms with Crippen molar-refractivity contribution in [3.8, 4) is 22.0 Å². The molecule has 0 bridgehead atoms. The van der Waals surface area contributed by atoms with Crippen LogP contribution in [0.5, 0.6) is 0 Å². The lowest BCUT2D eigenvalue weighted by atomic mass is 9.92. The Balaban J connectivity index is 1.42. The molecule has 0 N–H and O–H groups in total. The van der Waals surface area contributed by atoms with Crippen LogP contribution in [-0.2, 0) is 13.1 Å². The van der Waals surface area contributed by atoms with Crippen LogP contribution in [0.1, 0.15) is 233 Å². The van der Waals surface area contributed by atoms with Crippen molar-refractivity contribution in [1.29, 1.82) is 10.5 Å². The fourth-order valence-corrected chi connectivity index (χ4v) is 16.4. The third-order valence-electron chi connectivity index (χ3n) is 16.1. The molecule has 7 rings (SSSR count). The number of rotatable bonds is 37. The second-order valence-corrected chi connectivity index (χ2v) is 26.2. The first-order chi connectivity index (χ1) is 37.2. The van der Waals surface area contributed by atoms with E-state index in [9.17, 15) is 10.5 Å². The first kappa shape index (κ1) is 59.4. The van der Waals surface area contributed by atoms with E-state index in [4.69, 9.17) is 4.98 Å². The van der Waals surface area contributed by atoms with Gasteiger partial charge in [-0.1, -0.05) is 214 Å². The molecule has 7 aromatic rings. The van der Waals surface area contributed by atoms with Gasteiger partial charge in [0.25, 0.3) is 22.2 Å². The van der Waals surface area contributed by atoms with Crippen molar-refractivity contribution in [2.24, 2.45) is 11.8 Å². The van der Waals surface area contributed by atoms with Crippen LogP contribution in [-0.4, -0.2) is 14.1 Å². The zero-order valence-corrected chi connectivity index (χ0v) is 49.7. The number of unbranched alkanes of at least 4 members (excludes halogenated alkanes) is 24. The predicted molar refractivity (Wildman–Crippen MR) is 328 cm³/mol. The zero-order chi connectivity index (χ0) is 53.8. The Hall–Kier alpha value is -4.27. The van der Waals surface area contributed by atoms with E-state index < -0.39 is 22.2 Å². The van der Waals surface area contributed by atoms with Crippen LogP contribution in [0.3, 0.4) is 0 Å². The Morgan fingerprint density at radius 1 is 0.474 bits per heavy atom. The van der Waals surface area contributed by atoms with Crippen LogP contribution < -0.4 is 26.1 Å². The lowest BCUT2D eigenvalue weighted by Crippen LogP contribution is -2.38. The molecule has 9 nitrogen and oxygen atoms in total. The molecule has 0 radical (unpaired) electrons. The summed E-state index contributed by atoms with van der Waals surface area (Å²) in [6, 6.07) is 8.10. The predicted octanol–water partition coefficient (Wildman–Crippen LogP) is 18.0. The number of hydrogen-bond donors (Lipinski definition) is 0. The quantitative estimate of drug-likeness (QED) is 0.0279. The lowest BCUT2D eigenvalue weighted by Gasteiger charge is -2.21. The Morgan fingerprint density at radius 2 is 0.829 bits per heavy atom. The van der Waals surface area contributed by atoms with E-state index in [1.165, 1.54) is 172 Å². The highest BCUT2D eigenvalue weighted by Crippen LogP contribution is 2.46. The number of fused-ring (bicyclic) bond motifs is 6. The van der Waals surface area contributed by atoms with Gasteiger partial charge in [0, 0.05) is 23.9 Å². The Morgan fingerprint density at radius 3 is 1.20 bits per heavy atom.